The van der Waals surface area contributed by atoms with Crippen molar-refractivity contribution in [1.29, 1.82) is 0 Å². The number of hydrogen-bond acceptors (Lipinski definition) is 7. The van der Waals surface area contributed by atoms with Crippen LogP contribution in [0.3, 0.4) is 0 Å². The number of carbonyl (C=O) groups is 2. The van der Waals surface area contributed by atoms with Gasteiger partial charge in [-0.15, -0.1) is 0 Å². The minimum Gasteiger partial charge on any atom is -0.444 e. The predicted octanol–water partition coefficient (Wildman–Crippen LogP) is 6.79. The molecule has 0 radical (unpaired) electrons. The Morgan fingerprint density at radius 1 is 0.878 bits per heavy atom. The molecule has 0 aromatic heterocycles. The molecule has 0 fully saturated rings. The zero-order valence-corrected chi connectivity index (χ0v) is 28.3. The Hall–Kier alpha value is -2.37. The summed E-state index contributed by atoms with van der Waals surface area (Å²) in [7, 11) is -3.92. The molecule has 1 atom stereocenters. The Morgan fingerprint density at radius 3 is 1.80 bits per heavy atom. The van der Waals surface area contributed by atoms with Gasteiger partial charge in [0.05, 0.1) is 11.5 Å². The van der Waals surface area contributed by atoms with E-state index < -0.39 is 39.5 Å². The lowest BCUT2D eigenvalue weighted by molar-refractivity contribution is 0.0525. The summed E-state index contributed by atoms with van der Waals surface area (Å²) < 4.78 is 38.8. The fourth-order valence-electron chi connectivity index (χ4n) is 3.41. The molecule has 0 aliphatic heterocycles. The number of sulfonamides is 1. The van der Waals surface area contributed by atoms with Crippen LogP contribution in [-0.2, 0) is 19.5 Å². The van der Waals surface area contributed by atoms with Gasteiger partial charge in [0, 0.05) is 24.8 Å². The molecule has 0 spiro atoms. The van der Waals surface area contributed by atoms with Gasteiger partial charge in [-0.25, -0.2) is 18.0 Å². The number of benzene rings is 1. The Morgan fingerprint density at radius 2 is 1.37 bits per heavy atom. The number of alkyl carbamates (subject to hydrolysis) is 1. The zero-order valence-electron chi connectivity index (χ0n) is 27.5. The van der Waals surface area contributed by atoms with Crippen LogP contribution >= 0.6 is 0 Å². The van der Waals surface area contributed by atoms with Crippen LogP contribution < -0.4 is 10.6 Å². The lowest BCUT2D eigenvalue weighted by atomic mass is 10.1. The smallest absolute Gasteiger partial charge is 0.412 e. The van der Waals surface area contributed by atoms with E-state index in [1.165, 1.54) is 28.6 Å². The van der Waals surface area contributed by atoms with E-state index in [1.54, 1.807) is 41.5 Å². The number of anilines is 1. The molecule has 1 aromatic carbocycles. The van der Waals surface area contributed by atoms with Crippen molar-refractivity contribution in [1.82, 2.24) is 9.62 Å². The number of rotatable bonds is 12. The van der Waals surface area contributed by atoms with Crippen LogP contribution in [0.4, 0.5) is 15.3 Å². The Kier molecular flexibility index (Phi) is 19.6. The monoisotopic (exact) mass is 603 g/mol. The van der Waals surface area contributed by atoms with Gasteiger partial charge in [-0.05, 0) is 84.6 Å². The maximum absolute atomic E-state index is 13.5. The average Bonchev–Trinajstić information content (AvgIpc) is 2.85. The third kappa shape index (κ3) is 17.9. The van der Waals surface area contributed by atoms with Crippen LogP contribution in [0.15, 0.2) is 29.2 Å². The number of carbonyl (C=O) groups excluding carboxylic acids is 2. The second-order valence-corrected chi connectivity index (χ2v) is 13.3. The minimum atomic E-state index is -3.92. The number of unbranched alkanes of at least 4 members (excludes halogenated alkanes) is 1. The summed E-state index contributed by atoms with van der Waals surface area (Å²) in [5, 5.41) is 15.3. The van der Waals surface area contributed by atoms with Gasteiger partial charge in [-0.2, -0.15) is 4.31 Å². The topological polar surface area (TPSA) is 134 Å². The van der Waals surface area contributed by atoms with Crippen molar-refractivity contribution in [3.8, 4) is 0 Å². The zero-order chi connectivity index (χ0) is 32.4. The molecule has 2 amide bonds. The second kappa shape index (κ2) is 19.7. The van der Waals surface area contributed by atoms with Crippen molar-refractivity contribution < 1.29 is 32.6 Å². The predicted molar refractivity (Wildman–Crippen MR) is 167 cm³/mol. The van der Waals surface area contributed by atoms with Crippen LogP contribution in [0.5, 0.6) is 0 Å². The van der Waals surface area contributed by atoms with E-state index in [4.69, 9.17) is 9.47 Å². The first-order chi connectivity index (χ1) is 18.9. The first-order valence-corrected chi connectivity index (χ1v) is 16.1. The molecule has 0 aliphatic carbocycles. The van der Waals surface area contributed by atoms with Crippen molar-refractivity contribution in [3.63, 3.8) is 0 Å². The highest BCUT2D eigenvalue weighted by Crippen LogP contribution is 2.24. The number of nitrogens with zero attached hydrogens (tertiary/aromatic N) is 1. The standard InChI is InChI=1S/C26H45N3O7S.2C2H6/c1-19(2)17-29(21(18-30)11-9-10-16-27-23(31)35-25(3,4)5)37(33,34)22-14-12-20(13-15-22)28-24(32)36-26(6,7)8;2*1-2/h12-15,19,21,30H,9-11,16-18H2,1-8H3,(H,27,31)(H,28,32);2*1-2H3/t21-;;/m0../s1. The molecular weight excluding hydrogens is 546 g/mol. The molecule has 0 bridgehead atoms. The molecule has 240 valence electrons. The van der Waals surface area contributed by atoms with Crippen molar-refractivity contribution in [2.45, 2.75) is 124 Å². The molecule has 0 saturated heterocycles. The van der Waals surface area contributed by atoms with Crippen LogP contribution in [0.25, 0.3) is 0 Å². The Bertz CT molecular complexity index is 967. The third-order valence-corrected chi connectivity index (χ3v) is 6.83. The van der Waals surface area contributed by atoms with Gasteiger partial charge in [0.25, 0.3) is 0 Å². The van der Waals surface area contributed by atoms with Crippen LogP contribution in [0.2, 0.25) is 0 Å². The molecule has 0 saturated carbocycles. The Balaban J connectivity index is 0. The molecule has 1 rings (SSSR count). The maximum atomic E-state index is 13.5. The largest absolute Gasteiger partial charge is 0.444 e. The highest BCUT2D eigenvalue weighted by Gasteiger charge is 2.31. The summed E-state index contributed by atoms with van der Waals surface area (Å²) >= 11 is 0. The second-order valence-electron chi connectivity index (χ2n) is 11.4. The lowest BCUT2D eigenvalue weighted by Gasteiger charge is -2.31. The van der Waals surface area contributed by atoms with E-state index in [9.17, 15) is 23.1 Å². The van der Waals surface area contributed by atoms with Gasteiger partial charge in [0.15, 0.2) is 0 Å². The fourth-order valence-corrected chi connectivity index (χ4v) is 5.22. The summed E-state index contributed by atoms with van der Waals surface area (Å²) in [6.45, 7) is 22.7. The molecule has 11 heteroatoms. The highest BCUT2D eigenvalue weighted by atomic mass is 32.2. The van der Waals surface area contributed by atoms with E-state index in [0.717, 1.165) is 0 Å². The van der Waals surface area contributed by atoms with Crippen molar-refractivity contribution >= 4 is 27.9 Å². The molecule has 0 unspecified atom stereocenters. The fraction of sp³-hybridized carbons (Fsp3) is 0.733. The summed E-state index contributed by atoms with van der Waals surface area (Å²) in [6.07, 6.45) is 0.502. The third-order valence-electron chi connectivity index (χ3n) is 4.90. The minimum absolute atomic E-state index is 0.0331. The van der Waals surface area contributed by atoms with E-state index in [2.05, 4.69) is 10.6 Å². The molecule has 41 heavy (non-hydrogen) atoms. The van der Waals surface area contributed by atoms with Crippen molar-refractivity contribution in [3.05, 3.63) is 24.3 Å². The maximum Gasteiger partial charge on any atom is 0.412 e. The first kappa shape index (κ1) is 40.8. The van der Waals surface area contributed by atoms with E-state index in [-0.39, 0.29) is 24.0 Å². The highest BCUT2D eigenvalue weighted by molar-refractivity contribution is 7.89. The molecule has 1 aromatic rings. The summed E-state index contributed by atoms with van der Waals surface area (Å²) in [4.78, 5) is 23.8. The van der Waals surface area contributed by atoms with Crippen LogP contribution in [-0.4, -0.2) is 67.0 Å². The van der Waals surface area contributed by atoms with Gasteiger partial charge in [-0.1, -0.05) is 48.0 Å². The summed E-state index contributed by atoms with van der Waals surface area (Å²) in [5.74, 6) is 0.0331. The molecule has 0 heterocycles. The average molecular weight is 604 g/mol. The number of nitrogens with one attached hydrogen (secondary N) is 2. The van der Waals surface area contributed by atoms with E-state index >= 15 is 0 Å². The number of ether oxygens (including phenoxy) is 2. The first-order valence-electron chi connectivity index (χ1n) is 14.6. The number of hydrogen-bond donors (Lipinski definition) is 3. The van der Waals surface area contributed by atoms with Gasteiger partial charge in [0.1, 0.15) is 11.2 Å². The van der Waals surface area contributed by atoms with E-state index in [0.29, 0.717) is 31.5 Å². The van der Waals surface area contributed by atoms with Gasteiger partial charge < -0.3 is 19.9 Å². The number of amides is 2. The number of aliphatic hydroxyl groups is 1. The molecule has 3 N–H and O–H groups in total. The van der Waals surface area contributed by atoms with Gasteiger partial charge >= 0.3 is 12.2 Å². The molecular formula is C30H57N3O7S. The molecule has 10 nitrogen and oxygen atoms in total. The van der Waals surface area contributed by atoms with Crippen LogP contribution in [0.1, 0.15) is 102 Å². The Labute approximate surface area is 249 Å². The summed E-state index contributed by atoms with van der Waals surface area (Å²) in [5.41, 5.74) is -0.836. The molecule has 0 aliphatic rings. The van der Waals surface area contributed by atoms with E-state index in [1.807, 2.05) is 41.5 Å². The van der Waals surface area contributed by atoms with Crippen LogP contribution in [0, 0.1) is 5.92 Å². The van der Waals surface area contributed by atoms with Gasteiger partial charge in [-0.3, -0.25) is 5.32 Å². The lowest BCUT2D eigenvalue weighted by Crippen LogP contribution is -2.44. The van der Waals surface area contributed by atoms with Crippen molar-refractivity contribution in [2.75, 3.05) is 25.0 Å². The quantitative estimate of drug-likeness (QED) is 0.224. The normalized spacial score (nSPS) is 12.4. The SMILES string of the molecule is CC.CC.CC(C)CN([C@H](CO)CCCCNC(=O)OC(C)(C)C)S(=O)(=O)c1ccc(NC(=O)OC(C)(C)C)cc1. The number of aliphatic hydroxyl groups excluding tert-OH is 1. The van der Waals surface area contributed by atoms with Crippen molar-refractivity contribution in [2.24, 2.45) is 5.92 Å². The summed E-state index contributed by atoms with van der Waals surface area (Å²) in [6, 6.07) is 5.23. The van der Waals surface area contributed by atoms with Gasteiger partial charge in [0.2, 0.25) is 10.0 Å².